The Labute approximate surface area is 184 Å². The highest BCUT2D eigenvalue weighted by atomic mass is 32.2. The van der Waals surface area contributed by atoms with Crippen LogP contribution in [-0.4, -0.2) is 55.4 Å². The average Bonchev–Trinajstić information content (AvgIpc) is 2.71. The fourth-order valence-electron chi connectivity index (χ4n) is 2.27. The summed E-state index contributed by atoms with van der Waals surface area (Å²) in [5.41, 5.74) is -0.686. The maximum atomic E-state index is 12.6. The second-order valence-corrected chi connectivity index (χ2v) is 7.64. The molecule has 12 nitrogen and oxygen atoms in total. The maximum Gasteiger partial charge on any atom is 0.422 e. The molecule has 0 saturated heterocycles. The number of alkyl halides is 3. The molecule has 3 N–H and O–H groups in total. The van der Waals surface area contributed by atoms with Crippen molar-refractivity contribution in [2.45, 2.75) is 17.5 Å². The zero-order chi connectivity index (χ0) is 24.8. The molecule has 0 saturated carbocycles. The van der Waals surface area contributed by atoms with Gasteiger partial charge in [-0.25, -0.2) is 27.7 Å². The number of aromatic nitrogens is 2. The van der Waals surface area contributed by atoms with E-state index in [9.17, 15) is 36.3 Å². The van der Waals surface area contributed by atoms with Crippen molar-refractivity contribution >= 4 is 28.0 Å². The van der Waals surface area contributed by atoms with Crippen LogP contribution in [0.15, 0.2) is 29.2 Å². The van der Waals surface area contributed by atoms with Crippen molar-refractivity contribution in [1.82, 2.24) is 14.7 Å². The molecule has 0 aliphatic rings. The number of sulfonamides is 1. The molecule has 0 aliphatic carbocycles. The number of carboxylic acids is 1. The number of carbonyl (C=O) groups excluding carboxylic acids is 1. The number of hydrogen-bond acceptors (Lipinski definition) is 9. The summed E-state index contributed by atoms with van der Waals surface area (Å²) in [6.45, 7) is -1.76. The van der Waals surface area contributed by atoms with Gasteiger partial charge in [-0.15, -0.1) is 0 Å². The van der Waals surface area contributed by atoms with Gasteiger partial charge in [0.1, 0.15) is 10.6 Å². The number of nitriles is 1. The standard InChI is InChI=1S/C17H14F3N5O7S/c1-31-13-6-9(4-5-21)22-15(23-13)24-16(28)25-33(29,30)12-7-10(32-8-17(18,19)20)2-3-11(12)14(26)27/h2-3,6-7H,4,8H2,1H3,(H,26,27)(H2,22,23,24,25,28). The lowest BCUT2D eigenvalue weighted by molar-refractivity contribution is -0.153. The average molecular weight is 489 g/mol. The van der Waals surface area contributed by atoms with Crippen LogP contribution in [0.5, 0.6) is 11.6 Å². The molecule has 0 fully saturated rings. The Morgan fingerprint density at radius 3 is 2.52 bits per heavy atom. The van der Waals surface area contributed by atoms with Crippen LogP contribution in [0.1, 0.15) is 16.1 Å². The van der Waals surface area contributed by atoms with Gasteiger partial charge in [0.2, 0.25) is 11.8 Å². The Bertz CT molecular complexity index is 1210. The van der Waals surface area contributed by atoms with Gasteiger partial charge in [0.05, 0.1) is 30.9 Å². The molecule has 16 heteroatoms. The van der Waals surface area contributed by atoms with Crippen molar-refractivity contribution in [1.29, 1.82) is 5.26 Å². The van der Waals surface area contributed by atoms with Crippen LogP contribution >= 0.6 is 0 Å². The number of halogens is 3. The van der Waals surface area contributed by atoms with Gasteiger partial charge in [-0.3, -0.25) is 5.32 Å². The molecule has 0 atom stereocenters. The number of urea groups is 1. The predicted octanol–water partition coefficient (Wildman–Crippen LogP) is 1.70. The molecule has 33 heavy (non-hydrogen) atoms. The van der Waals surface area contributed by atoms with E-state index in [1.165, 1.54) is 17.9 Å². The number of methoxy groups -OCH3 is 1. The summed E-state index contributed by atoms with van der Waals surface area (Å²) in [5.74, 6) is -2.81. The molecule has 0 spiro atoms. The second-order valence-electron chi connectivity index (χ2n) is 5.99. The third-order valence-corrected chi connectivity index (χ3v) is 4.92. The van der Waals surface area contributed by atoms with Crippen LogP contribution in [0.25, 0.3) is 0 Å². The number of carbonyl (C=O) groups is 2. The highest BCUT2D eigenvalue weighted by molar-refractivity contribution is 7.90. The number of hydrogen-bond donors (Lipinski definition) is 3. The van der Waals surface area contributed by atoms with Gasteiger partial charge < -0.3 is 14.6 Å². The van der Waals surface area contributed by atoms with Gasteiger partial charge in [-0.05, 0) is 12.1 Å². The van der Waals surface area contributed by atoms with Gasteiger partial charge >= 0.3 is 18.2 Å². The fraction of sp³-hybridized carbons (Fsp3) is 0.235. The predicted molar refractivity (Wildman–Crippen MR) is 102 cm³/mol. The monoisotopic (exact) mass is 489 g/mol. The summed E-state index contributed by atoms with van der Waals surface area (Å²) in [7, 11) is -3.67. The van der Waals surface area contributed by atoms with E-state index >= 15 is 0 Å². The molecular formula is C17H14F3N5O7S. The summed E-state index contributed by atoms with van der Waals surface area (Å²) in [6.07, 6.45) is -4.91. The van der Waals surface area contributed by atoms with E-state index in [4.69, 9.17) is 10.00 Å². The van der Waals surface area contributed by atoms with Gasteiger partial charge in [0.15, 0.2) is 6.61 Å². The zero-order valence-corrected chi connectivity index (χ0v) is 17.3. The van der Waals surface area contributed by atoms with Crippen LogP contribution in [0.3, 0.4) is 0 Å². The Balaban J connectivity index is 2.30. The smallest absolute Gasteiger partial charge is 0.422 e. The molecule has 0 aliphatic heterocycles. The molecule has 0 unspecified atom stereocenters. The molecule has 1 aromatic carbocycles. The lowest BCUT2D eigenvalue weighted by Crippen LogP contribution is -2.35. The number of aromatic carboxylic acids is 1. The van der Waals surface area contributed by atoms with Crippen molar-refractivity contribution in [2.75, 3.05) is 19.0 Å². The maximum absolute atomic E-state index is 12.6. The summed E-state index contributed by atoms with van der Waals surface area (Å²) < 4.78 is 73.0. The number of carboxylic acid groups (broad SMARTS) is 1. The number of nitrogens with one attached hydrogen (secondary N) is 2. The van der Waals surface area contributed by atoms with Crippen molar-refractivity contribution in [2.24, 2.45) is 0 Å². The van der Waals surface area contributed by atoms with E-state index in [0.29, 0.717) is 12.1 Å². The summed E-state index contributed by atoms with van der Waals surface area (Å²) in [5, 5.41) is 20.0. The first-order valence-electron chi connectivity index (χ1n) is 8.54. The van der Waals surface area contributed by atoms with Crippen LogP contribution in [-0.2, 0) is 16.4 Å². The highest BCUT2D eigenvalue weighted by Gasteiger charge is 2.30. The molecule has 2 amide bonds. The summed E-state index contributed by atoms with van der Waals surface area (Å²) in [6, 6.07) is 3.75. The minimum absolute atomic E-state index is 0.0453. The van der Waals surface area contributed by atoms with Crippen molar-refractivity contribution < 1.29 is 45.8 Å². The normalized spacial score (nSPS) is 11.2. The van der Waals surface area contributed by atoms with Crippen LogP contribution < -0.4 is 19.5 Å². The van der Waals surface area contributed by atoms with E-state index in [0.717, 1.165) is 6.07 Å². The zero-order valence-electron chi connectivity index (χ0n) is 16.5. The third kappa shape index (κ3) is 7.21. The Kier molecular flexibility index (Phi) is 7.61. The first kappa shape index (κ1) is 25.1. The number of benzene rings is 1. The molecule has 0 bridgehead atoms. The first-order chi connectivity index (χ1) is 15.3. The number of rotatable bonds is 8. The van der Waals surface area contributed by atoms with Crippen molar-refractivity contribution in [3.05, 3.63) is 35.5 Å². The van der Waals surface area contributed by atoms with Gasteiger partial charge in [-0.1, -0.05) is 0 Å². The molecule has 2 aromatic rings. The third-order valence-electron chi connectivity index (χ3n) is 3.55. The van der Waals surface area contributed by atoms with E-state index in [1.807, 2.05) is 11.4 Å². The van der Waals surface area contributed by atoms with Crippen LogP contribution in [0, 0.1) is 11.3 Å². The molecule has 1 aromatic heterocycles. The quantitative estimate of drug-likeness (QED) is 0.494. The van der Waals surface area contributed by atoms with Gasteiger partial charge in [0, 0.05) is 12.1 Å². The van der Waals surface area contributed by atoms with E-state index in [-0.39, 0.29) is 18.0 Å². The number of nitrogens with zero attached hydrogens (tertiary/aromatic N) is 3. The van der Waals surface area contributed by atoms with Gasteiger partial charge in [-0.2, -0.15) is 23.4 Å². The van der Waals surface area contributed by atoms with Crippen molar-refractivity contribution in [3.63, 3.8) is 0 Å². The lowest BCUT2D eigenvalue weighted by Gasteiger charge is -2.13. The SMILES string of the molecule is COc1cc(CC#N)nc(NC(=O)NS(=O)(=O)c2cc(OCC(F)(F)F)ccc2C(=O)O)n1. The van der Waals surface area contributed by atoms with Crippen LogP contribution in [0.2, 0.25) is 0 Å². The molecule has 1 heterocycles. The number of amides is 2. The van der Waals surface area contributed by atoms with Crippen LogP contribution in [0.4, 0.5) is 23.9 Å². The number of anilines is 1. The Hall–Kier alpha value is -4.13. The Morgan fingerprint density at radius 2 is 1.94 bits per heavy atom. The van der Waals surface area contributed by atoms with E-state index in [2.05, 4.69) is 14.7 Å². The molecule has 2 rings (SSSR count). The van der Waals surface area contributed by atoms with E-state index < -0.39 is 57.0 Å². The second kappa shape index (κ2) is 9.99. The van der Waals surface area contributed by atoms with E-state index in [1.54, 1.807) is 0 Å². The molecular weight excluding hydrogens is 475 g/mol. The lowest BCUT2D eigenvalue weighted by atomic mass is 10.2. The minimum atomic E-state index is -4.91. The summed E-state index contributed by atoms with van der Waals surface area (Å²) in [4.78, 5) is 30.1. The fourth-order valence-corrected chi connectivity index (χ4v) is 3.39. The topological polar surface area (TPSA) is 181 Å². The van der Waals surface area contributed by atoms with Crippen molar-refractivity contribution in [3.8, 4) is 17.7 Å². The molecule has 0 radical (unpaired) electrons. The Morgan fingerprint density at radius 1 is 1.24 bits per heavy atom. The van der Waals surface area contributed by atoms with Gasteiger partial charge in [0.25, 0.3) is 10.0 Å². The molecule has 176 valence electrons. The highest BCUT2D eigenvalue weighted by Crippen LogP contribution is 2.25. The number of ether oxygens (including phenoxy) is 2. The first-order valence-corrected chi connectivity index (χ1v) is 10.0. The summed E-state index contributed by atoms with van der Waals surface area (Å²) >= 11 is 0. The minimum Gasteiger partial charge on any atom is -0.484 e. The largest absolute Gasteiger partial charge is 0.484 e.